The van der Waals surface area contributed by atoms with Gasteiger partial charge in [0.25, 0.3) is 0 Å². The van der Waals surface area contributed by atoms with Crippen LogP contribution in [0.15, 0.2) is 24.3 Å². The largest absolute Gasteiger partial charge is 2.00 e. The number of hydrogen-bond donors (Lipinski definition) is 0. The van der Waals surface area contributed by atoms with Gasteiger partial charge < -0.3 is 16.6 Å². The first kappa shape index (κ1) is 16.0. The van der Waals surface area contributed by atoms with Gasteiger partial charge in [0.2, 0.25) is 0 Å². The summed E-state index contributed by atoms with van der Waals surface area (Å²) in [4.78, 5) is 2.29. The van der Waals surface area contributed by atoms with E-state index >= 15 is 0 Å². The second-order valence-electron chi connectivity index (χ2n) is 3.45. The van der Waals surface area contributed by atoms with Crippen molar-refractivity contribution in [3.8, 4) is 5.75 Å². The Balaban J connectivity index is 0.00000225. The molecule has 0 bridgehead atoms. The van der Waals surface area contributed by atoms with E-state index in [0.717, 1.165) is 25.4 Å². The molecule has 0 aliphatic heterocycles. The number of hydrogen-bond acceptors (Lipinski definition) is 2. The van der Waals surface area contributed by atoms with Crippen molar-refractivity contribution < 1.29 is 35.9 Å². The van der Waals surface area contributed by atoms with Crippen molar-refractivity contribution in [1.82, 2.24) is 4.90 Å². The summed E-state index contributed by atoms with van der Waals surface area (Å²) in [6, 6.07) is 10.6. The molecule has 0 saturated heterocycles. The minimum Gasteiger partial charge on any atom is -0.547 e. The molecule has 1 aromatic carbocycles. The Bertz CT molecular complexity index is 262. The zero-order valence-electron chi connectivity index (χ0n) is 10.1. The summed E-state index contributed by atoms with van der Waals surface area (Å²) in [6.45, 7) is 11.2. The van der Waals surface area contributed by atoms with Crippen molar-refractivity contribution in [3.63, 3.8) is 0 Å². The number of para-hydroxylation sites is 1. The topological polar surface area (TPSA) is 12.5 Å². The van der Waals surface area contributed by atoms with Crippen LogP contribution in [0.2, 0.25) is 0 Å². The fourth-order valence-electron chi connectivity index (χ4n) is 1.44. The summed E-state index contributed by atoms with van der Waals surface area (Å²) in [7, 11) is 0. The van der Waals surface area contributed by atoms with Gasteiger partial charge in [0, 0.05) is 12.3 Å². The Morgan fingerprint density at radius 2 is 2.06 bits per heavy atom. The molecule has 0 saturated carbocycles. The van der Waals surface area contributed by atoms with Gasteiger partial charge in [0.1, 0.15) is 0 Å². The summed E-state index contributed by atoms with van der Waals surface area (Å²) >= 11 is 0. The van der Waals surface area contributed by atoms with Gasteiger partial charge in [-0.15, -0.1) is 12.1 Å². The van der Waals surface area contributed by atoms with E-state index in [9.17, 15) is 0 Å². The Kier molecular flexibility index (Phi) is 9.12. The zero-order valence-corrected chi connectivity index (χ0v) is 14.2. The molecule has 0 amide bonds. The second-order valence-corrected chi connectivity index (χ2v) is 3.45. The van der Waals surface area contributed by atoms with Crippen LogP contribution in [0.25, 0.3) is 0 Å². The van der Waals surface area contributed by atoms with E-state index in [-0.39, 0.29) is 37.2 Å². The van der Waals surface area contributed by atoms with Crippen molar-refractivity contribution in [2.45, 2.75) is 20.0 Å². The van der Waals surface area contributed by atoms with Gasteiger partial charge in [0.05, 0.1) is 0 Å². The van der Waals surface area contributed by atoms with Crippen LogP contribution in [-0.4, -0.2) is 30.6 Å². The van der Waals surface area contributed by atoms with Gasteiger partial charge in [-0.25, -0.2) is 0 Å². The first-order valence-electron chi connectivity index (χ1n) is 5.45. The van der Waals surface area contributed by atoms with Crippen molar-refractivity contribution in [2.24, 2.45) is 0 Å². The molecule has 16 heavy (non-hydrogen) atoms. The van der Waals surface area contributed by atoms with Crippen molar-refractivity contribution >= 4 is 0 Å². The first-order valence-corrected chi connectivity index (χ1v) is 5.45. The molecule has 1 atom stereocenters. The molecule has 1 rings (SSSR count). The third-order valence-electron chi connectivity index (χ3n) is 2.33. The van der Waals surface area contributed by atoms with Gasteiger partial charge in [-0.3, -0.25) is 0 Å². The van der Waals surface area contributed by atoms with Gasteiger partial charge >= 0.3 is 31.1 Å². The molecular weight excluding hydrogens is 424 g/mol. The fraction of sp³-hybridized carbons (Fsp3) is 0.462. The minimum atomic E-state index is -0.0384. The van der Waals surface area contributed by atoms with Crippen molar-refractivity contribution in [2.75, 3.05) is 19.6 Å². The van der Waals surface area contributed by atoms with Crippen LogP contribution in [0.5, 0.6) is 5.75 Å². The molecule has 0 radical (unpaired) electrons. The Labute approximate surface area is 123 Å². The molecule has 0 aromatic heterocycles. The number of rotatable bonds is 6. The van der Waals surface area contributed by atoms with E-state index in [1.54, 1.807) is 0 Å². The third kappa shape index (κ3) is 5.94. The fourth-order valence-corrected chi connectivity index (χ4v) is 1.44. The summed E-state index contributed by atoms with van der Waals surface area (Å²) in [5.74, 6) is 0.768. The van der Waals surface area contributed by atoms with E-state index in [4.69, 9.17) is 4.74 Å². The van der Waals surface area contributed by atoms with Crippen LogP contribution >= 0.6 is 0 Å². The summed E-state index contributed by atoms with van der Waals surface area (Å²) in [5, 5.41) is 0. The maximum absolute atomic E-state index is 5.64. The van der Waals surface area contributed by atoms with Crippen molar-refractivity contribution in [1.29, 1.82) is 0 Å². The van der Waals surface area contributed by atoms with Crippen molar-refractivity contribution in [3.05, 3.63) is 37.3 Å². The monoisotopic (exact) mass is 443 g/mol. The van der Waals surface area contributed by atoms with Gasteiger partial charge in [-0.05, 0) is 19.2 Å². The minimum absolute atomic E-state index is 0. The van der Waals surface area contributed by atoms with Crippen LogP contribution in [0, 0.1) is 44.1 Å². The SMILES string of the molecule is [CH2-][C@H](CN(CC)CC)Oc1[c-]cccc1.[U+2]. The van der Waals surface area contributed by atoms with E-state index in [2.05, 4.69) is 31.7 Å². The molecule has 0 heterocycles. The molecular formula is C13H19NOU. The molecule has 0 N–H and O–H groups in total. The number of likely N-dealkylation sites (N-methyl/N-ethyl adjacent to an activating group) is 1. The van der Waals surface area contributed by atoms with E-state index in [0.29, 0.717) is 0 Å². The Morgan fingerprint density at radius 3 is 2.56 bits per heavy atom. The molecule has 2 nitrogen and oxygen atoms in total. The summed E-state index contributed by atoms with van der Waals surface area (Å²) in [6.07, 6.45) is -0.0384. The molecule has 0 unspecified atom stereocenters. The molecule has 86 valence electrons. The van der Waals surface area contributed by atoms with Crippen LogP contribution in [0.3, 0.4) is 0 Å². The normalized spacial score (nSPS) is 12.0. The zero-order chi connectivity index (χ0) is 11.1. The first-order chi connectivity index (χ1) is 7.26. The van der Waals surface area contributed by atoms with E-state index < -0.39 is 0 Å². The standard InChI is InChI=1S/C13H19NO.U/c1-4-14(5-2)11-12(3)15-13-9-7-6-8-10-13;/h6-9,12H,3-5,11H2,1-2H3;/q-2;+2/t12-;/m1./s1. The van der Waals surface area contributed by atoms with Crippen LogP contribution in [0.1, 0.15) is 13.8 Å². The predicted octanol–water partition coefficient (Wildman–Crippen LogP) is 2.41. The Morgan fingerprint density at radius 1 is 1.38 bits per heavy atom. The average molecular weight is 443 g/mol. The summed E-state index contributed by atoms with van der Waals surface area (Å²) < 4.78 is 5.64. The number of benzene rings is 1. The predicted molar refractivity (Wildman–Crippen MR) is 62.8 cm³/mol. The number of nitrogens with zero attached hydrogens (tertiary/aromatic N) is 1. The second kappa shape index (κ2) is 9.10. The average Bonchev–Trinajstić information content (AvgIpc) is 2.27. The third-order valence-corrected chi connectivity index (χ3v) is 2.33. The maximum Gasteiger partial charge on any atom is 2.00 e. The molecule has 0 fully saturated rings. The molecule has 1 aromatic rings. The van der Waals surface area contributed by atoms with E-state index in [1.807, 2.05) is 24.3 Å². The number of ether oxygens (including phenoxy) is 1. The molecule has 0 aliphatic carbocycles. The Hall–Kier alpha value is 0.0319. The molecule has 0 aliphatic rings. The van der Waals surface area contributed by atoms with E-state index in [1.165, 1.54) is 0 Å². The maximum atomic E-state index is 5.64. The van der Waals surface area contributed by atoms with Gasteiger partial charge in [-0.2, -0.15) is 18.2 Å². The van der Waals surface area contributed by atoms with Gasteiger partial charge in [-0.1, -0.05) is 13.8 Å². The molecule has 0 spiro atoms. The summed E-state index contributed by atoms with van der Waals surface area (Å²) in [5.41, 5.74) is 0. The van der Waals surface area contributed by atoms with Crippen LogP contribution in [-0.2, 0) is 0 Å². The quantitative estimate of drug-likeness (QED) is 0.627. The smallest absolute Gasteiger partial charge is 0.547 e. The van der Waals surface area contributed by atoms with Crippen LogP contribution in [0.4, 0.5) is 0 Å². The molecule has 3 heteroatoms. The van der Waals surface area contributed by atoms with Gasteiger partial charge in [0.15, 0.2) is 0 Å². The van der Waals surface area contributed by atoms with Crippen LogP contribution < -0.4 is 4.74 Å².